The third-order valence-corrected chi connectivity index (χ3v) is 7.14. The maximum Gasteiger partial charge on any atom is 0.322 e. The summed E-state index contributed by atoms with van der Waals surface area (Å²) >= 11 is 3.45. The minimum Gasteiger partial charge on any atom is -0.457 e. The number of halogens is 1. The van der Waals surface area contributed by atoms with Crippen molar-refractivity contribution in [2.24, 2.45) is 0 Å². The number of hydrogen-bond donors (Lipinski definition) is 1. The molecule has 0 atom stereocenters. The molecule has 1 aromatic heterocycles. The first-order chi connectivity index (χ1) is 16.9. The van der Waals surface area contributed by atoms with Gasteiger partial charge in [-0.1, -0.05) is 53.7 Å². The van der Waals surface area contributed by atoms with Crippen molar-refractivity contribution in [1.29, 1.82) is 0 Å². The third-order valence-electron chi connectivity index (χ3n) is 6.61. The molecule has 1 saturated carbocycles. The van der Waals surface area contributed by atoms with Crippen LogP contribution in [-0.4, -0.2) is 22.0 Å². The van der Waals surface area contributed by atoms with Crippen LogP contribution in [0.25, 0.3) is 0 Å². The molecular weight excluding hydrogens is 502 g/mol. The Kier molecular flexibility index (Phi) is 8.45. The Morgan fingerprint density at radius 2 is 1.57 bits per heavy atom. The van der Waals surface area contributed by atoms with Gasteiger partial charge in [-0.15, -0.1) is 0 Å². The van der Waals surface area contributed by atoms with E-state index in [4.69, 9.17) is 4.74 Å². The van der Waals surface area contributed by atoms with Crippen molar-refractivity contribution in [3.8, 4) is 11.5 Å². The first-order valence-corrected chi connectivity index (χ1v) is 13.2. The Labute approximate surface area is 217 Å². The average Bonchev–Trinajstić information content (AvgIpc) is 3.11. The molecule has 1 heterocycles. The number of ether oxygens (including phenoxy) is 1. The van der Waals surface area contributed by atoms with Crippen LogP contribution in [0.2, 0.25) is 0 Å². The summed E-state index contributed by atoms with van der Waals surface area (Å²) < 4.78 is 6.99. The van der Waals surface area contributed by atoms with Gasteiger partial charge in [0.2, 0.25) is 0 Å². The summed E-state index contributed by atoms with van der Waals surface area (Å²) in [6.07, 6.45) is 6.91. The van der Waals surface area contributed by atoms with Crippen molar-refractivity contribution >= 4 is 27.6 Å². The minimum absolute atomic E-state index is 0.0519. The Morgan fingerprint density at radius 3 is 2.17 bits per heavy atom. The number of urea groups is 1. The van der Waals surface area contributed by atoms with Crippen LogP contribution in [0.4, 0.5) is 10.5 Å². The number of pyridine rings is 1. The second kappa shape index (κ2) is 11.7. The van der Waals surface area contributed by atoms with Crippen molar-refractivity contribution in [1.82, 2.24) is 9.88 Å². The van der Waals surface area contributed by atoms with E-state index in [9.17, 15) is 4.79 Å². The number of anilines is 1. The molecule has 0 bridgehead atoms. The van der Waals surface area contributed by atoms with Gasteiger partial charge in [0.25, 0.3) is 0 Å². The Balaban J connectivity index is 1.51. The summed E-state index contributed by atoms with van der Waals surface area (Å²) in [5.74, 6) is 1.57. The molecule has 3 aromatic rings. The standard InChI is InChI=1S/C29H34BrN3O2/c1-20-18-21(2)31-22(3)28(20)32-29(34)33(25-8-6-4-5-7-9-25)19-23-10-14-26(15-11-23)35-27-16-12-24(30)13-17-27/h10-18,25H,4-9,19H2,1-3H3,(H,32,34). The van der Waals surface area contributed by atoms with Crippen LogP contribution in [0.15, 0.2) is 59.1 Å². The molecule has 0 unspecified atom stereocenters. The highest BCUT2D eigenvalue weighted by molar-refractivity contribution is 9.10. The molecule has 1 aliphatic carbocycles. The van der Waals surface area contributed by atoms with E-state index in [1.54, 1.807) is 0 Å². The minimum atomic E-state index is -0.0519. The molecule has 184 valence electrons. The van der Waals surface area contributed by atoms with Crippen LogP contribution in [0.1, 0.15) is 61.0 Å². The average molecular weight is 537 g/mol. The second-order valence-electron chi connectivity index (χ2n) is 9.44. The van der Waals surface area contributed by atoms with Gasteiger partial charge in [0.05, 0.1) is 11.4 Å². The summed E-state index contributed by atoms with van der Waals surface area (Å²) in [6.45, 7) is 6.52. The lowest BCUT2D eigenvalue weighted by Crippen LogP contribution is -2.42. The lowest BCUT2D eigenvalue weighted by Gasteiger charge is -2.32. The van der Waals surface area contributed by atoms with Crippen LogP contribution in [-0.2, 0) is 6.54 Å². The largest absolute Gasteiger partial charge is 0.457 e. The zero-order valence-corrected chi connectivity index (χ0v) is 22.4. The first-order valence-electron chi connectivity index (χ1n) is 12.4. The molecule has 1 N–H and O–H groups in total. The summed E-state index contributed by atoms with van der Waals surface area (Å²) in [7, 11) is 0. The number of amides is 2. The van der Waals surface area contributed by atoms with E-state index in [-0.39, 0.29) is 12.1 Å². The smallest absolute Gasteiger partial charge is 0.322 e. The highest BCUT2D eigenvalue weighted by Gasteiger charge is 2.26. The van der Waals surface area contributed by atoms with Crippen molar-refractivity contribution in [3.05, 3.63) is 81.6 Å². The van der Waals surface area contributed by atoms with Gasteiger partial charge in [-0.25, -0.2) is 4.79 Å². The molecule has 2 aromatic carbocycles. The Hall–Kier alpha value is -2.86. The number of nitrogens with zero attached hydrogens (tertiary/aromatic N) is 2. The summed E-state index contributed by atoms with van der Waals surface area (Å²) in [5.41, 5.74) is 4.76. The number of carbonyl (C=O) groups excluding carboxylic acids is 1. The van der Waals surface area contributed by atoms with Gasteiger partial charge >= 0.3 is 6.03 Å². The van der Waals surface area contributed by atoms with Crippen LogP contribution >= 0.6 is 15.9 Å². The van der Waals surface area contributed by atoms with Gasteiger partial charge in [-0.05, 0) is 87.2 Å². The maximum atomic E-state index is 13.6. The van der Waals surface area contributed by atoms with Gasteiger partial charge in [0.15, 0.2) is 0 Å². The second-order valence-corrected chi connectivity index (χ2v) is 10.4. The fourth-order valence-corrected chi connectivity index (χ4v) is 5.09. The summed E-state index contributed by atoms with van der Waals surface area (Å²) in [4.78, 5) is 20.2. The van der Waals surface area contributed by atoms with Gasteiger partial charge in [-0.3, -0.25) is 4.98 Å². The third kappa shape index (κ3) is 6.85. The van der Waals surface area contributed by atoms with E-state index in [0.29, 0.717) is 6.54 Å². The van der Waals surface area contributed by atoms with Crippen LogP contribution < -0.4 is 10.1 Å². The van der Waals surface area contributed by atoms with Gasteiger partial charge in [0, 0.05) is 22.8 Å². The van der Waals surface area contributed by atoms with E-state index >= 15 is 0 Å². The fraction of sp³-hybridized carbons (Fsp3) is 0.379. The summed E-state index contributed by atoms with van der Waals surface area (Å²) in [5, 5.41) is 3.19. The number of aromatic nitrogens is 1. The van der Waals surface area contributed by atoms with E-state index < -0.39 is 0 Å². The van der Waals surface area contributed by atoms with Crippen molar-refractivity contribution in [2.75, 3.05) is 5.32 Å². The number of nitrogens with one attached hydrogen (secondary N) is 1. The Bertz CT molecular complexity index is 1110. The van der Waals surface area contributed by atoms with Crippen molar-refractivity contribution in [2.45, 2.75) is 71.9 Å². The predicted molar refractivity (Wildman–Crippen MR) is 145 cm³/mol. The van der Waals surface area contributed by atoms with E-state index in [2.05, 4.69) is 38.4 Å². The molecule has 5 nitrogen and oxygen atoms in total. The van der Waals surface area contributed by atoms with E-state index in [1.807, 2.05) is 68.1 Å². The first kappa shape index (κ1) is 25.2. The number of aryl methyl sites for hydroxylation is 3. The topological polar surface area (TPSA) is 54.5 Å². The Morgan fingerprint density at radius 1 is 0.971 bits per heavy atom. The number of hydrogen-bond acceptors (Lipinski definition) is 3. The lowest BCUT2D eigenvalue weighted by atomic mass is 10.1. The number of benzene rings is 2. The van der Waals surface area contributed by atoms with E-state index in [1.165, 1.54) is 25.7 Å². The molecule has 0 spiro atoms. The molecule has 1 fully saturated rings. The van der Waals surface area contributed by atoms with Gasteiger partial charge < -0.3 is 15.0 Å². The lowest BCUT2D eigenvalue weighted by molar-refractivity contribution is 0.175. The van der Waals surface area contributed by atoms with Crippen molar-refractivity contribution in [3.63, 3.8) is 0 Å². The molecule has 0 saturated heterocycles. The normalized spacial score (nSPS) is 14.3. The highest BCUT2D eigenvalue weighted by atomic mass is 79.9. The molecule has 4 rings (SSSR count). The molecule has 35 heavy (non-hydrogen) atoms. The molecule has 0 aliphatic heterocycles. The SMILES string of the molecule is Cc1cc(C)c(NC(=O)N(Cc2ccc(Oc3ccc(Br)cc3)cc2)C2CCCCCC2)c(C)n1. The molecule has 1 aliphatic rings. The highest BCUT2D eigenvalue weighted by Crippen LogP contribution is 2.28. The molecule has 0 radical (unpaired) electrons. The quantitative estimate of drug-likeness (QED) is 0.322. The van der Waals surface area contributed by atoms with Crippen LogP contribution in [0.5, 0.6) is 11.5 Å². The maximum absolute atomic E-state index is 13.6. The predicted octanol–water partition coefficient (Wildman–Crippen LogP) is 8.32. The molecular formula is C29H34BrN3O2. The van der Waals surface area contributed by atoms with E-state index in [0.717, 1.165) is 57.0 Å². The van der Waals surface area contributed by atoms with Crippen molar-refractivity contribution < 1.29 is 9.53 Å². The monoisotopic (exact) mass is 535 g/mol. The zero-order valence-electron chi connectivity index (χ0n) is 20.8. The zero-order chi connectivity index (χ0) is 24.8. The van der Waals surface area contributed by atoms with Gasteiger partial charge in [-0.2, -0.15) is 0 Å². The summed E-state index contributed by atoms with van der Waals surface area (Å²) in [6, 6.07) is 18.0. The van der Waals surface area contributed by atoms with Crippen LogP contribution in [0, 0.1) is 20.8 Å². The van der Waals surface area contributed by atoms with Crippen LogP contribution in [0.3, 0.4) is 0 Å². The fourth-order valence-electron chi connectivity index (χ4n) is 4.83. The number of carbonyl (C=O) groups is 1. The number of rotatable bonds is 6. The van der Waals surface area contributed by atoms with Gasteiger partial charge in [0.1, 0.15) is 11.5 Å². The molecule has 2 amide bonds. The molecule has 6 heteroatoms.